The minimum Gasteiger partial charge on any atom is -0.489 e. The van der Waals surface area contributed by atoms with Crippen molar-refractivity contribution in [2.75, 3.05) is 0 Å². The monoisotopic (exact) mass is 415 g/mol. The molecule has 1 aliphatic carbocycles. The molecule has 1 saturated carbocycles. The van der Waals surface area contributed by atoms with Gasteiger partial charge >= 0.3 is 0 Å². The first-order valence-corrected chi connectivity index (χ1v) is 11.4. The fourth-order valence-electron chi connectivity index (χ4n) is 3.93. The first-order valence-electron chi connectivity index (χ1n) is 10.6. The molecule has 152 valence electrons. The molecule has 4 nitrogen and oxygen atoms in total. The van der Waals surface area contributed by atoms with Crippen molar-refractivity contribution in [1.29, 1.82) is 0 Å². The van der Waals surface area contributed by atoms with Crippen molar-refractivity contribution < 1.29 is 4.74 Å². The molecule has 0 aliphatic heterocycles. The molecule has 2 heterocycles. The maximum Gasteiger partial charge on any atom is 0.138 e. The summed E-state index contributed by atoms with van der Waals surface area (Å²) in [5, 5.41) is 0. The Bertz CT molecular complexity index is 1130. The normalized spacial score (nSPS) is 14.8. The molecule has 1 N–H and O–H groups in total. The largest absolute Gasteiger partial charge is 0.489 e. The predicted molar refractivity (Wildman–Crippen MR) is 122 cm³/mol. The van der Waals surface area contributed by atoms with Crippen molar-refractivity contribution in [1.82, 2.24) is 15.0 Å². The lowest BCUT2D eigenvalue weighted by atomic mass is 9.98. The van der Waals surface area contributed by atoms with Crippen LogP contribution in [0.25, 0.3) is 22.4 Å². The molecular weight excluding hydrogens is 390 g/mol. The van der Waals surface area contributed by atoms with Gasteiger partial charge in [-0.3, -0.25) is 4.98 Å². The van der Waals surface area contributed by atoms with Crippen LogP contribution in [0.3, 0.4) is 0 Å². The summed E-state index contributed by atoms with van der Waals surface area (Å²) in [7, 11) is 0. The number of rotatable bonds is 5. The molecule has 30 heavy (non-hydrogen) atoms. The smallest absolute Gasteiger partial charge is 0.138 e. The van der Waals surface area contributed by atoms with Gasteiger partial charge in [-0.2, -0.15) is 0 Å². The average Bonchev–Trinajstić information content (AvgIpc) is 3.19. The number of pyridine rings is 1. The van der Waals surface area contributed by atoms with Gasteiger partial charge in [0.2, 0.25) is 0 Å². The molecule has 0 radical (unpaired) electrons. The highest BCUT2D eigenvalue weighted by atomic mass is 32.2. The van der Waals surface area contributed by atoms with Gasteiger partial charge in [-0.25, -0.2) is 4.98 Å². The summed E-state index contributed by atoms with van der Waals surface area (Å²) < 4.78 is 6.51. The highest BCUT2D eigenvalue weighted by molar-refractivity contribution is 7.99. The Balaban J connectivity index is 1.53. The van der Waals surface area contributed by atoms with Crippen LogP contribution < -0.4 is 4.74 Å². The van der Waals surface area contributed by atoms with Crippen LogP contribution in [0.15, 0.2) is 70.7 Å². The van der Waals surface area contributed by atoms with E-state index in [1.165, 1.54) is 24.8 Å². The summed E-state index contributed by atoms with van der Waals surface area (Å²) in [5.74, 6) is 1.83. The standard InChI is InChI=1S/C25H25N3OS/c1-17-7-9-18(10-8-17)25-27-21-15-23(29-19-5-3-2-4-6-19)24(16-22(21)28-25)30-20-11-13-26-14-12-20/h7-16,19H,2-6H2,1H3,(H,27,28). The molecule has 1 fully saturated rings. The summed E-state index contributed by atoms with van der Waals surface area (Å²) in [6.07, 6.45) is 10.0. The van der Waals surface area contributed by atoms with E-state index in [0.717, 1.165) is 50.8 Å². The number of fused-ring (bicyclic) bond motifs is 1. The van der Waals surface area contributed by atoms with Crippen molar-refractivity contribution in [3.8, 4) is 17.1 Å². The number of H-pyrrole nitrogens is 1. The summed E-state index contributed by atoms with van der Waals surface area (Å²) >= 11 is 1.71. The van der Waals surface area contributed by atoms with Crippen molar-refractivity contribution in [3.05, 3.63) is 66.5 Å². The minimum atomic E-state index is 0.299. The number of aromatic amines is 1. The molecule has 5 rings (SSSR count). The van der Waals surface area contributed by atoms with Crippen LogP contribution in [-0.2, 0) is 0 Å². The van der Waals surface area contributed by atoms with Crippen molar-refractivity contribution >= 4 is 22.8 Å². The lowest BCUT2D eigenvalue weighted by molar-refractivity contribution is 0.151. The minimum absolute atomic E-state index is 0.299. The number of aryl methyl sites for hydroxylation is 1. The molecule has 4 aromatic rings. The zero-order valence-electron chi connectivity index (χ0n) is 17.1. The predicted octanol–water partition coefficient (Wildman–Crippen LogP) is 6.80. The van der Waals surface area contributed by atoms with Gasteiger partial charge in [0.05, 0.1) is 22.0 Å². The average molecular weight is 416 g/mol. The van der Waals surface area contributed by atoms with Gasteiger partial charge in [0.1, 0.15) is 11.6 Å². The molecule has 0 saturated heterocycles. The van der Waals surface area contributed by atoms with E-state index in [0.29, 0.717) is 6.10 Å². The van der Waals surface area contributed by atoms with E-state index in [-0.39, 0.29) is 0 Å². The number of ether oxygens (including phenoxy) is 1. The van der Waals surface area contributed by atoms with Crippen LogP contribution in [0.2, 0.25) is 0 Å². The lowest BCUT2D eigenvalue weighted by Gasteiger charge is -2.24. The van der Waals surface area contributed by atoms with Crippen molar-refractivity contribution in [3.63, 3.8) is 0 Å². The molecule has 2 aromatic carbocycles. The number of hydrogen-bond donors (Lipinski definition) is 1. The van der Waals surface area contributed by atoms with Gasteiger partial charge in [-0.15, -0.1) is 0 Å². The van der Waals surface area contributed by atoms with E-state index in [9.17, 15) is 0 Å². The second-order valence-electron chi connectivity index (χ2n) is 7.93. The van der Waals surface area contributed by atoms with E-state index in [4.69, 9.17) is 9.72 Å². The second-order valence-corrected chi connectivity index (χ2v) is 9.05. The fourth-order valence-corrected chi connectivity index (χ4v) is 4.82. The second kappa shape index (κ2) is 8.52. The Morgan fingerprint density at radius 1 is 0.967 bits per heavy atom. The molecule has 5 heteroatoms. The number of benzene rings is 2. The first-order chi connectivity index (χ1) is 14.7. The number of nitrogens with one attached hydrogen (secondary N) is 1. The Morgan fingerprint density at radius 2 is 1.73 bits per heavy atom. The van der Waals surface area contributed by atoms with Crippen molar-refractivity contribution in [2.24, 2.45) is 0 Å². The molecule has 0 amide bonds. The third-order valence-corrected chi connectivity index (χ3v) is 6.64. The zero-order chi connectivity index (χ0) is 20.3. The van der Waals surface area contributed by atoms with Crippen LogP contribution in [-0.4, -0.2) is 21.1 Å². The Kier molecular flexibility index (Phi) is 5.45. The highest BCUT2D eigenvalue weighted by Gasteiger charge is 2.19. The Labute approximate surface area is 181 Å². The van der Waals surface area contributed by atoms with Crippen LogP contribution in [0.4, 0.5) is 0 Å². The zero-order valence-corrected chi connectivity index (χ0v) is 17.9. The highest BCUT2D eigenvalue weighted by Crippen LogP contribution is 2.39. The maximum atomic E-state index is 6.51. The Morgan fingerprint density at radius 3 is 2.50 bits per heavy atom. The molecule has 0 bridgehead atoms. The van der Waals surface area contributed by atoms with Crippen LogP contribution >= 0.6 is 11.8 Å². The molecular formula is C25H25N3OS. The Hall–Kier alpha value is -2.79. The van der Waals surface area contributed by atoms with Gasteiger partial charge < -0.3 is 9.72 Å². The summed E-state index contributed by atoms with van der Waals surface area (Å²) in [5.41, 5.74) is 4.30. The van der Waals surface area contributed by atoms with Crippen LogP contribution in [0.5, 0.6) is 5.75 Å². The summed E-state index contributed by atoms with van der Waals surface area (Å²) in [6.45, 7) is 2.10. The molecule has 0 atom stereocenters. The third kappa shape index (κ3) is 4.21. The van der Waals surface area contributed by atoms with Gasteiger partial charge in [0.25, 0.3) is 0 Å². The van der Waals surface area contributed by atoms with Crippen LogP contribution in [0, 0.1) is 6.92 Å². The lowest BCUT2D eigenvalue weighted by Crippen LogP contribution is -2.19. The quantitative estimate of drug-likeness (QED) is 0.390. The maximum absolute atomic E-state index is 6.51. The molecule has 0 spiro atoms. The number of aromatic nitrogens is 3. The van der Waals surface area contributed by atoms with E-state index < -0.39 is 0 Å². The SMILES string of the molecule is Cc1ccc(-c2nc3cc(Sc4ccncc4)c(OC4CCCCC4)cc3[nH]2)cc1. The van der Waals surface area contributed by atoms with E-state index in [2.05, 4.69) is 53.3 Å². The third-order valence-electron chi connectivity index (χ3n) is 5.60. The summed E-state index contributed by atoms with van der Waals surface area (Å²) in [4.78, 5) is 14.7. The molecule has 0 unspecified atom stereocenters. The molecule has 2 aromatic heterocycles. The van der Waals surface area contributed by atoms with E-state index in [1.54, 1.807) is 11.8 Å². The summed E-state index contributed by atoms with van der Waals surface area (Å²) in [6, 6.07) is 16.8. The topological polar surface area (TPSA) is 50.8 Å². The van der Waals surface area contributed by atoms with Gasteiger partial charge in [0, 0.05) is 28.9 Å². The van der Waals surface area contributed by atoms with Crippen molar-refractivity contribution in [2.45, 2.75) is 54.9 Å². The van der Waals surface area contributed by atoms with E-state index in [1.807, 2.05) is 24.5 Å². The van der Waals surface area contributed by atoms with Gasteiger partial charge in [-0.05, 0) is 50.8 Å². The van der Waals surface area contributed by atoms with E-state index >= 15 is 0 Å². The fraction of sp³-hybridized carbons (Fsp3) is 0.280. The van der Waals surface area contributed by atoms with Gasteiger partial charge in [-0.1, -0.05) is 48.0 Å². The number of nitrogens with zero attached hydrogens (tertiary/aromatic N) is 2. The molecule has 1 aliphatic rings. The van der Waals surface area contributed by atoms with Crippen LogP contribution in [0.1, 0.15) is 37.7 Å². The van der Waals surface area contributed by atoms with Gasteiger partial charge in [0.15, 0.2) is 0 Å². The number of imidazole rings is 1. The number of hydrogen-bond acceptors (Lipinski definition) is 4. The first kappa shape index (κ1) is 19.2.